The first kappa shape index (κ1) is 32.5. The molecule has 1 aromatic heterocycles. The molecular formula is C53H38N2O. The van der Waals surface area contributed by atoms with Crippen LogP contribution < -0.4 is 4.90 Å². The SMILES string of the molecule is CC1=C(c2cc(N(c3ccccc3)c3ccc4ccc5c(ccc6nc(-c7cccc8c7ccc7c9ccccc9ccc87)oc65)c4c3)ccc2C)C=CCC1. The van der Waals surface area contributed by atoms with E-state index in [1.807, 2.05) is 0 Å². The molecule has 0 radical (unpaired) electrons. The van der Waals surface area contributed by atoms with Gasteiger partial charge >= 0.3 is 0 Å². The zero-order valence-electron chi connectivity index (χ0n) is 31.4. The number of fused-ring (bicyclic) bond motifs is 10. The molecule has 0 saturated heterocycles. The van der Waals surface area contributed by atoms with Gasteiger partial charge in [0.25, 0.3) is 0 Å². The summed E-state index contributed by atoms with van der Waals surface area (Å²) in [5, 5.41) is 11.9. The molecule has 11 rings (SSSR count). The number of aryl methyl sites for hydroxylation is 1. The van der Waals surface area contributed by atoms with Gasteiger partial charge in [-0.15, -0.1) is 0 Å². The van der Waals surface area contributed by atoms with E-state index < -0.39 is 0 Å². The van der Waals surface area contributed by atoms with E-state index in [9.17, 15) is 0 Å². The van der Waals surface area contributed by atoms with Crippen LogP contribution in [0.25, 0.3) is 82.0 Å². The molecule has 3 nitrogen and oxygen atoms in total. The van der Waals surface area contributed by atoms with E-state index in [0.717, 1.165) is 62.7 Å². The van der Waals surface area contributed by atoms with Crippen molar-refractivity contribution in [3.8, 4) is 11.5 Å². The van der Waals surface area contributed by atoms with E-state index in [1.54, 1.807) is 0 Å². The Labute approximate surface area is 325 Å². The van der Waals surface area contributed by atoms with Crippen molar-refractivity contribution in [2.45, 2.75) is 26.7 Å². The maximum Gasteiger partial charge on any atom is 0.227 e. The summed E-state index contributed by atoms with van der Waals surface area (Å²) < 4.78 is 6.78. The van der Waals surface area contributed by atoms with Crippen molar-refractivity contribution in [1.29, 1.82) is 0 Å². The number of hydrogen-bond donors (Lipinski definition) is 0. The molecule has 0 bridgehead atoms. The van der Waals surface area contributed by atoms with Crippen LogP contribution in [-0.2, 0) is 0 Å². The lowest BCUT2D eigenvalue weighted by molar-refractivity contribution is 0.624. The van der Waals surface area contributed by atoms with Gasteiger partial charge in [-0.25, -0.2) is 4.98 Å². The summed E-state index contributed by atoms with van der Waals surface area (Å²) in [7, 11) is 0. The van der Waals surface area contributed by atoms with E-state index in [2.05, 4.69) is 189 Å². The highest BCUT2D eigenvalue weighted by Crippen LogP contribution is 2.42. The Kier molecular flexibility index (Phi) is 7.43. The predicted molar refractivity (Wildman–Crippen MR) is 237 cm³/mol. The number of nitrogens with zero attached hydrogens (tertiary/aromatic N) is 2. The van der Waals surface area contributed by atoms with E-state index in [-0.39, 0.29) is 0 Å². The fourth-order valence-electron chi connectivity index (χ4n) is 8.97. The van der Waals surface area contributed by atoms with Gasteiger partial charge in [0.1, 0.15) is 5.52 Å². The van der Waals surface area contributed by atoms with Crippen molar-refractivity contribution < 1.29 is 4.42 Å². The molecular weight excluding hydrogens is 681 g/mol. The number of aromatic nitrogens is 1. The van der Waals surface area contributed by atoms with Crippen LogP contribution in [-0.4, -0.2) is 4.98 Å². The monoisotopic (exact) mass is 718 g/mol. The predicted octanol–water partition coefficient (Wildman–Crippen LogP) is 15.2. The van der Waals surface area contributed by atoms with Gasteiger partial charge in [-0.1, -0.05) is 121 Å². The lowest BCUT2D eigenvalue weighted by Crippen LogP contribution is -2.10. The van der Waals surface area contributed by atoms with E-state index in [4.69, 9.17) is 9.40 Å². The standard InChI is InChI=1S/C53H38N2O/c1-33-11-6-8-15-40(33)49-31-38(23-19-34(49)2)55(37-13-4-3-5-14-37)39-24-20-36-22-26-47-46(50(36)32-39)29-30-51-52(47)56-53(54-51)48-18-10-17-42-44-25-21-35-12-7-9-16-41(35)43(44)27-28-45(42)48/h3-5,7-10,12-32H,6,11H2,1-2H3. The molecule has 0 unspecified atom stereocenters. The molecule has 56 heavy (non-hydrogen) atoms. The second kappa shape index (κ2) is 12.8. The number of para-hydroxylation sites is 1. The molecule has 10 aromatic rings. The van der Waals surface area contributed by atoms with Gasteiger partial charge in [0.2, 0.25) is 5.89 Å². The second-order valence-corrected chi connectivity index (χ2v) is 15.2. The molecule has 1 aliphatic carbocycles. The molecule has 0 atom stereocenters. The minimum atomic E-state index is 0.635. The highest BCUT2D eigenvalue weighted by Gasteiger charge is 2.19. The number of hydrogen-bond acceptors (Lipinski definition) is 3. The van der Waals surface area contributed by atoms with Crippen molar-refractivity contribution in [3.63, 3.8) is 0 Å². The topological polar surface area (TPSA) is 29.3 Å². The van der Waals surface area contributed by atoms with Crippen molar-refractivity contribution in [1.82, 2.24) is 4.98 Å². The van der Waals surface area contributed by atoms with Crippen molar-refractivity contribution in [2.24, 2.45) is 0 Å². The zero-order chi connectivity index (χ0) is 37.3. The number of oxazole rings is 1. The maximum absolute atomic E-state index is 6.78. The Balaban J connectivity index is 1.06. The number of allylic oxidation sites excluding steroid dienone is 4. The average molecular weight is 719 g/mol. The van der Waals surface area contributed by atoms with Crippen LogP contribution in [0.3, 0.4) is 0 Å². The minimum absolute atomic E-state index is 0.635. The molecule has 0 spiro atoms. The fourth-order valence-corrected chi connectivity index (χ4v) is 8.97. The largest absolute Gasteiger partial charge is 0.435 e. The average Bonchev–Trinajstić information content (AvgIpc) is 3.69. The van der Waals surface area contributed by atoms with Crippen LogP contribution in [0, 0.1) is 6.92 Å². The Bertz CT molecular complexity index is 3280. The van der Waals surface area contributed by atoms with Crippen molar-refractivity contribution in [2.75, 3.05) is 4.90 Å². The molecule has 9 aromatic carbocycles. The number of benzene rings is 9. The third kappa shape index (κ3) is 5.16. The fraction of sp³-hybridized carbons (Fsp3) is 0.0755. The first-order chi connectivity index (χ1) is 27.6. The Morgan fingerprint density at radius 2 is 1.16 bits per heavy atom. The lowest BCUT2D eigenvalue weighted by atomic mass is 9.90. The third-order valence-corrected chi connectivity index (χ3v) is 11.8. The van der Waals surface area contributed by atoms with Gasteiger partial charge in [0.05, 0.1) is 0 Å². The summed E-state index contributed by atoms with van der Waals surface area (Å²) in [5.74, 6) is 0.635. The molecule has 0 saturated carbocycles. The Morgan fingerprint density at radius 3 is 2.05 bits per heavy atom. The summed E-state index contributed by atoms with van der Waals surface area (Å²) >= 11 is 0. The van der Waals surface area contributed by atoms with E-state index >= 15 is 0 Å². The molecule has 0 fully saturated rings. The van der Waals surface area contributed by atoms with Gasteiger partial charge in [0, 0.05) is 28.0 Å². The smallest absolute Gasteiger partial charge is 0.227 e. The summed E-state index contributed by atoms with van der Waals surface area (Å²) in [6, 6.07) is 57.1. The minimum Gasteiger partial charge on any atom is -0.435 e. The van der Waals surface area contributed by atoms with Gasteiger partial charge in [0.15, 0.2) is 5.58 Å². The van der Waals surface area contributed by atoms with Crippen LogP contribution in [0.4, 0.5) is 17.1 Å². The number of rotatable bonds is 5. The maximum atomic E-state index is 6.78. The number of anilines is 3. The summed E-state index contributed by atoms with van der Waals surface area (Å²) in [5.41, 5.74) is 11.4. The van der Waals surface area contributed by atoms with E-state index in [1.165, 1.54) is 60.0 Å². The van der Waals surface area contributed by atoms with Crippen LogP contribution >= 0.6 is 0 Å². The van der Waals surface area contributed by atoms with Gasteiger partial charge in [-0.2, -0.15) is 0 Å². The van der Waals surface area contributed by atoms with Crippen LogP contribution in [0.5, 0.6) is 0 Å². The Hall–Kier alpha value is -6.97. The summed E-state index contributed by atoms with van der Waals surface area (Å²) in [6.07, 6.45) is 6.82. The van der Waals surface area contributed by atoms with Gasteiger partial charge in [-0.05, 0) is 146 Å². The van der Waals surface area contributed by atoms with Crippen LogP contribution in [0.2, 0.25) is 0 Å². The van der Waals surface area contributed by atoms with Gasteiger partial charge in [-0.3, -0.25) is 0 Å². The molecule has 3 heteroatoms. The third-order valence-electron chi connectivity index (χ3n) is 11.8. The van der Waals surface area contributed by atoms with Crippen LogP contribution in [0.1, 0.15) is 30.9 Å². The molecule has 1 aliphatic rings. The Morgan fingerprint density at radius 1 is 0.500 bits per heavy atom. The molecule has 0 aliphatic heterocycles. The molecule has 0 amide bonds. The first-order valence-corrected chi connectivity index (χ1v) is 19.5. The van der Waals surface area contributed by atoms with Crippen LogP contribution in [0.15, 0.2) is 180 Å². The normalized spacial score (nSPS) is 13.2. The van der Waals surface area contributed by atoms with Crippen molar-refractivity contribution >= 4 is 87.6 Å². The second-order valence-electron chi connectivity index (χ2n) is 15.2. The highest BCUT2D eigenvalue weighted by molar-refractivity contribution is 6.20. The molecule has 266 valence electrons. The molecule has 1 heterocycles. The van der Waals surface area contributed by atoms with E-state index in [0.29, 0.717) is 5.89 Å². The summed E-state index contributed by atoms with van der Waals surface area (Å²) in [4.78, 5) is 7.47. The van der Waals surface area contributed by atoms with Crippen molar-refractivity contribution in [3.05, 3.63) is 187 Å². The molecule has 0 N–H and O–H groups in total. The van der Waals surface area contributed by atoms with Gasteiger partial charge < -0.3 is 9.32 Å². The lowest BCUT2D eigenvalue weighted by Gasteiger charge is -2.27. The highest BCUT2D eigenvalue weighted by atomic mass is 16.3. The summed E-state index contributed by atoms with van der Waals surface area (Å²) in [6.45, 7) is 4.49. The quantitative estimate of drug-likeness (QED) is 0.166. The first-order valence-electron chi connectivity index (χ1n) is 19.5. The zero-order valence-corrected chi connectivity index (χ0v) is 31.4.